The number of hydrogen-bond acceptors (Lipinski definition) is 6. The predicted molar refractivity (Wildman–Crippen MR) is 136 cm³/mol. The van der Waals surface area contributed by atoms with Crippen molar-refractivity contribution in [3.8, 4) is 5.75 Å². The highest BCUT2D eigenvalue weighted by molar-refractivity contribution is 5.78. The maximum Gasteiger partial charge on any atom is 0.416 e. The first-order chi connectivity index (χ1) is 18.3. The van der Waals surface area contributed by atoms with E-state index in [2.05, 4.69) is 15.6 Å². The van der Waals surface area contributed by atoms with Crippen LogP contribution in [0.25, 0.3) is 0 Å². The van der Waals surface area contributed by atoms with Crippen LogP contribution >= 0.6 is 0 Å². The summed E-state index contributed by atoms with van der Waals surface area (Å²) in [6.45, 7) is 3.35. The summed E-state index contributed by atoms with van der Waals surface area (Å²) >= 11 is 0. The Balaban J connectivity index is 1.55. The van der Waals surface area contributed by atoms with Crippen LogP contribution in [0.3, 0.4) is 0 Å². The second kappa shape index (κ2) is 12.5. The van der Waals surface area contributed by atoms with Crippen molar-refractivity contribution in [1.29, 1.82) is 0 Å². The second-order valence-corrected chi connectivity index (χ2v) is 9.94. The van der Waals surface area contributed by atoms with Crippen LogP contribution in [0.1, 0.15) is 53.6 Å². The average molecular weight is 550 g/mol. The van der Waals surface area contributed by atoms with Crippen molar-refractivity contribution < 1.29 is 37.7 Å². The molecular formula is C28H31F4N3O4. The van der Waals surface area contributed by atoms with Crippen LogP contribution in [-0.2, 0) is 37.0 Å². The summed E-state index contributed by atoms with van der Waals surface area (Å²) in [5.74, 6) is -1.60. The number of alkyl halides is 3. The molecule has 210 valence electrons. The van der Waals surface area contributed by atoms with E-state index in [0.29, 0.717) is 23.7 Å². The number of nitrogens with zero attached hydrogens (tertiary/aromatic N) is 1. The van der Waals surface area contributed by atoms with Gasteiger partial charge in [0.05, 0.1) is 24.3 Å². The zero-order chi connectivity index (χ0) is 28.8. The van der Waals surface area contributed by atoms with Crippen LogP contribution < -0.4 is 10.6 Å². The molecule has 0 aliphatic carbocycles. The Morgan fingerprint density at radius 2 is 1.74 bits per heavy atom. The zero-order valence-corrected chi connectivity index (χ0v) is 21.5. The molecule has 1 heterocycles. The Morgan fingerprint density at radius 1 is 1.03 bits per heavy atom. The molecule has 0 aliphatic rings. The minimum Gasteiger partial charge on any atom is -0.506 e. The number of aliphatic hydroxyl groups excluding tert-OH is 2. The number of carbonyl (C=O) groups excluding carboxylic acids is 1. The number of aliphatic hydroxyl groups is 2. The monoisotopic (exact) mass is 549 g/mol. The molecule has 1 amide bonds. The van der Waals surface area contributed by atoms with E-state index in [0.717, 1.165) is 17.7 Å². The van der Waals surface area contributed by atoms with Gasteiger partial charge in [-0.25, -0.2) is 9.37 Å². The van der Waals surface area contributed by atoms with E-state index in [1.54, 1.807) is 12.1 Å². The van der Waals surface area contributed by atoms with Gasteiger partial charge >= 0.3 is 6.18 Å². The van der Waals surface area contributed by atoms with Gasteiger partial charge in [-0.1, -0.05) is 24.3 Å². The van der Waals surface area contributed by atoms with Gasteiger partial charge in [0.2, 0.25) is 5.91 Å². The first-order valence-corrected chi connectivity index (χ1v) is 12.2. The van der Waals surface area contributed by atoms with Gasteiger partial charge in [0.1, 0.15) is 23.4 Å². The van der Waals surface area contributed by atoms with Gasteiger partial charge in [-0.15, -0.1) is 0 Å². The molecule has 0 spiro atoms. The smallest absolute Gasteiger partial charge is 0.416 e. The molecule has 0 radical (unpaired) electrons. The lowest BCUT2D eigenvalue weighted by molar-refractivity contribution is -0.137. The summed E-state index contributed by atoms with van der Waals surface area (Å²) in [7, 11) is 0. The van der Waals surface area contributed by atoms with Crippen LogP contribution in [0.4, 0.5) is 17.6 Å². The fraction of sp³-hybridized carbons (Fsp3) is 0.357. The Kier molecular flexibility index (Phi) is 9.65. The van der Waals surface area contributed by atoms with Gasteiger partial charge in [0.25, 0.3) is 0 Å². The molecule has 0 saturated heterocycles. The van der Waals surface area contributed by atoms with E-state index in [4.69, 9.17) is 0 Å². The van der Waals surface area contributed by atoms with Gasteiger partial charge in [-0.3, -0.25) is 4.79 Å². The second-order valence-electron chi connectivity index (χ2n) is 9.94. The number of benzene rings is 2. The number of aromatic hydroxyl groups is 1. The number of rotatable bonds is 11. The number of aromatic nitrogens is 1. The van der Waals surface area contributed by atoms with E-state index < -0.39 is 41.7 Å². The third kappa shape index (κ3) is 9.02. The quantitative estimate of drug-likeness (QED) is 0.232. The first kappa shape index (κ1) is 30.0. The molecule has 5 N–H and O–H groups in total. The van der Waals surface area contributed by atoms with Gasteiger partial charge in [0, 0.05) is 18.6 Å². The number of halogens is 4. The SMILES string of the molecule is CC(C)(Cc1cccc(CC(=O)NCc2cc(F)cc(C(F)(F)F)c2)c1)NCC(O)c1ccc(O)c(CO)n1. The maximum absolute atomic E-state index is 13.6. The largest absolute Gasteiger partial charge is 0.506 e. The van der Waals surface area contributed by atoms with Crippen molar-refractivity contribution in [2.45, 2.75) is 57.7 Å². The lowest BCUT2D eigenvalue weighted by Gasteiger charge is -2.28. The molecule has 3 aromatic rings. The number of β-amino-alcohol motifs (C(OH)–C–C–N with tert-alkyl or cyclic N) is 1. The highest BCUT2D eigenvalue weighted by Crippen LogP contribution is 2.30. The number of amides is 1. The first-order valence-electron chi connectivity index (χ1n) is 12.2. The van der Waals surface area contributed by atoms with Crippen molar-refractivity contribution in [2.24, 2.45) is 0 Å². The molecule has 0 saturated carbocycles. The summed E-state index contributed by atoms with van der Waals surface area (Å²) in [6, 6.07) is 12.3. The van der Waals surface area contributed by atoms with Gasteiger partial charge in [-0.05, 0) is 67.3 Å². The minimum atomic E-state index is -4.69. The van der Waals surface area contributed by atoms with Crippen LogP contribution in [-0.4, -0.2) is 38.3 Å². The molecular weight excluding hydrogens is 518 g/mol. The van der Waals surface area contributed by atoms with Gasteiger partial charge in [-0.2, -0.15) is 13.2 Å². The molecule has 11 heteroatoms. The molecule has 1 aromatic heterocycles. The third-order valence-electron chi connectivity index (χ3n) is 6.01. The van der Waals surface area contributed by atoms with Crippen molar-refractivity contribution in [3.63, 3.8) is 0 Å². The van der Waals surface area contributed by atoms with Crippen molar-refractivity contribution in [2.75, 3.05) is 6.54 Å². The van der Waals surface area contributed by atoms with Crippen LogP contribution in [0.5, 0.6) is 5.75 Å². The summed E-state index contributed by atoms with van der Waals surface area (Å²) < 4.78 is 52.3. The Labute approximate surface area is 223 Å². The summed E-state index contributed by atoms with van der Waals surface area (Å²) in [5, 5.41) is 35.2. The highest BCUT2D eigenvalue weighted by Gasteiger charge is 2.31. The summed E-state index contributed by atoms with van der Waals surface area (Å²) in [4.78, 5) is 16.5. The normalized spacial score (nSPS) is 12.8. The maximum atomic E-state index is 13.6. The predicted octanol–water partition coefficient (Wildman–Crippen LogP) is 3.94. The fourth-order valence-corrected chi connectivity index (χ4v) is 4.08. The van der Waals surface area contributed by atoms with Crippen molar-refractivity contribution in [1.82, 2.24) is 15.6 Å². The molecule has 39 heavy (non-hydrogen) atoms. The zero-order valence-electron chi connectivity index (χ0n) is 21.5. The number of pyridine rings is 1. The molecule has 3 rings (SSSR count). The molecule has 2 aromatic carbocycles. The van der Waals surface area contributed by atoms with Crippen molar-refractivity contribution in [3.05, 3.63) is 94.1 Å². The Hall–Kier alpha value is -3.54. The number of hydrogen-bond donors (Lipinski definition) is 5. The molecule has 1 atom stereocenters. The molecule has 0 fully saturated rings. The molecule has 1 unspecified atom stereocenters. The lowest BCUT2D eigenvalue weighted by atomic mass is 9.93. The minimum absolute atomic E-state index is 0.00882. The van der Waals surface area contributed by atoms with E-state index in [-0.39, 0.29) is 36.5 Å². The molecule has 0 bridgehead atoms. The Morgan fingerprint density at radius 3 is 2.44 bits per heavy atom. The summed E-state index contributed by atoms with van der Waals surface area (Å²) in [6.07, 6.45) is -5.13. The molecule has 0 aliphatic heterocycles. The van der Waals surface area contributed by atoms with Crippen LogP contribution in [0.15, 0.2) is 54.6 Å². The topological polar surface area (TPSA) is 115 Å². The van der Waals surface area contributed by atoms with E-state index in [1.807, 2.05) is 26.0 Å². The Bertz CT molecular complexity index is 1300. The summed E-state index contributed by atoms with van der Waals surface area (Å²) in [5.41, 5.74) is 0.423. The van der Waals surface area contributed by atoms with E-state index in [9.17, 15) is 37.7 Å². The molecule has 7 nitrogen and oxygen atoms in total. The standard InChI is InChI=1S/C28H31F4N3O4/c1-27(2,34-15-25(38)22-6-7-24(37)23(16-36)35-22)13-18-5-3-4-17(8-18)11-26(39)33-14-19-9-20(28(30,31)32)12-21(29)10-19/h3-10,12,25,34,36-38H,11,13-16H2,1-2H3,(H,33,39). The van der Waals surface area contributed by atoms with Crippen molar-refractivity contribution >= 4 is 5.91 Å². The lowest BCUT2D eigenvalue weighted by Crippen LogP contribution is -2.43. The highest BCUT2D eigenvalue weighted by atomic mass is 19.4. The average Bonchev–Trinajstić information content (AvgIpc) is 2.85. The van der Waals surface area contributed by atoms with Crippen LogP contribution in [0, 0.1) is 5.82 Å². The van der Waals surface area contributed by atoms with E-state index >= 15 is 0 Å². The third-order valence-corrected chi connectivity index (χ3v) is 6.01. The number of nitrogens with one attached hydrogen (secondary N) is 2. The van der Waals surface area contributed by atoms with Gasteiger partial charge in [0.15, 0.2) is 0 Å². The van der Waals surface area contributed by atoms with E-state index in [1.165, 1.54) is 12.1 Å². The number of carbonyl (C=O) groups is 1. The van der Waals surface area contributed by atoms with Gasteiger partial charge < -0.3 is 26.0 Å². The fourth-order valence-electron chi connectivity index (χ4n) is 4.08. The van der Waals surface area contributed by atoms with Crippen LogP contribution in [0.2, 0.25) is 0 Å².